The number of rotatable bonds is 4. The van der Waals surface area contributed by atoms with Gasteiger partial charge in [-0.25, -0.2) is 0 Å². The summed E-state index contributed by atoms with van der Waals surface area (Å²) in [6.07, 6.45) is 0.840. The van der Waals surface area contributed by atoms with Crippen LogP contribution in [0.2, 0.25) is 0 Å². The lowest BCUT2D eigenvalue weighted by molar-refractivity contribution is -0.132. The van der Waals surface area contributed by atoms with Gasteiger partial charge in [0.15, 0.2) is 11.5 Å². The molecular weight excluding hydrogens is 218 g/mol. The highest BCUT2D eigenvalue weighted by atomic mass is 16.5. The quantitative estimate of drug-likeness (QED) is 0.623. The number of hydrogen-bond acceptors (Lipinski definition) is 4. The van der Waals surface area contributed by atoms with Crippen molar-refractivity contribution in [3.8, 4) is 11.5 Å². The zero-order valence-electron chi connectivity index (χ0n) is 10.4. The van der Waals surface area contributed by atoms with Gasteiger partial charge in [-0.15, -0.1) is 0 Å². The molecule has 4 heteroatoms. The minimum atomic E-state index is -0.459. The van der Waals surface area contributed by atoms with Gasteiger partial charge in [0.1, 0.15) is 0 Å². The standard InChI is InChI=1S/C13H19NO3/c1-8(2)6-11(14)10-4-5-13(12(16)7-10)17-9(3)15/h4-5,7-8,11,16H,6,14H2,1-3H3/t11-/m0/s1. The lowest BCUT2D eigenvalue weighted by Crippen LogP contribution is -2.13. The van der Waals surface area contributed by atoms with Crippen molar-refractivity contribution in [1.29, 1.82) is 0 Å². The fourth-order valence-corrected chi connectivity index (χ4v) is 1.65. The van der Waals surface area contributed by atoms with E-state index in [4.69, 9.17) is 10.5 Å². The maximum absolute atomic E-state index is 10.8. The van der Waals surface area contributed by atoms with Crippen molar-refractivity contribution >= 4 is 5.97 Å². The Kier molecular flexibility index (Phi) is 4.52. The molecule has 0 bridgehead atoms. The molecule has 0 aromatic heterocycles. The third kappa shape index (κ3) is 4.07. The smallest absolute Gasteiger partial charge is 0.308 e. The summed E-state index contributed by atoms with van der Waals surface area (Å²) < 4.78 is 4.83. The Morgan fingerprint density at radius 1 is 1.47 bits per heavy atom. The molecule has 0 amide bonds. The van der Waals surface area contributed by atoms with Crippen LogP contribution < -0.4 is 10.5 Å². The number of benzene rings is 1. The van der Waals surface area contributed by atoms with Crippen LogP contribution in [0.3, 0.4) is 0 Å². The predicted octanol–water partition coefficient (Wildman–Crippen LogP) is 2.36. The van der Waals surface area contributed by atoms with Crippen LogP contribution in [0.25, 0.3) is 0 Å². The van der Waals surface area contributed by atoms with E-state index in [-0.39, 0.29) is 17.5 Å². The van der Waals surface area contributed by atoms with Crippen LogP contribution in [-0.2, 0) is 4.79 Å². The van der Waals surface area contributed by atoms with Crippen LogP contribution in [0.5, 0.6) is 11.5 Å². The molecule has 0 aliphatic carbocycles. The molecular formula is C13H19NO3. The van der Waals surface area contributed by atoms with Gasteiger partial charge in [0.05, 0.1) is 0 Å². The Balaban J connectivity index is 2.84. The van der Waals surface area contributed by atoms with Crippen LogP contribution in [-0.4, -0.2) is 11.1 Å². The van der Waals surface area contributed by atoms with Gasteiger partial charge in [-0.2, -0.15) is 0 Å². The number of aromatic hydroxyl groups is 1. The average molecular weight is 237 g/mol. The number of hydrogen-bond donors (Lipinski definition) is 2. The zero-order valence-corrected chi connectivity index (χ0v) is 10.4. The number of phenolic OH excluding ortho intramolecular Hbond substituents is 1. The third-order valence-electron chi connectivity index (χ3n) is 2.39. The first-order chi connectivity index (χ1) is 7.90. The maximum Gasteiger partial charge on any atom is 0.308 e. The van der Waals surface area contributed by atoms with Crippen molar-refractivity contribution in [3.05, 3.63) is 23.8 Å². The van der Waals surface area contributed by atoms with Crippen molar-refractivity contribution in [2.45, 2.75) is 33.2 Å². The third-order valence-corrected chi connectivity index (χ3v) is 2.39. The van der Waals surface area contributed by atoms with Crippen LogP contribution >= 0.6 is 0 Å². The van der Waals surface area contributed by atoms with E-state index < -0.39 is 5.97 Å². The largest absolute Gasteiger partial charge is 0.504 e. The van der Waals surface area contributed by atoms with Crippen LogP contribution in [0.1, 0.15) is 38.8 Å². The van der Waals surface area contributed by atoms with Gasteiger partial charge < -0.3 is 15.6 Å². The predicted molar refractivity (Wildman–Crippen MR) is 65.8 cm³/mol. The summed E-state index contributed by atoms with van der Waals surface area (Å²) >= 11 is 0. The van der Waals surface area contributed by atoms with Crippen molar-refractivity contribution in [2.24, 2.45) is 11.7 Å². The highest BCUT2D eigenvalue weighted by molar-refractivity contribution is 5.70. The van der Waals surface area contributed by atoms with E-state index in [0.29, 0.717) is 5.92 Å². The molecule has 0 heterocycles. The lowest BCUT2D eigenvalue weighted by Gasteiger charge is -2.15. The summed E-state index contributed by atoms with van der Waals surface area (Å²) in [5.74, 6) is 0.134. The normalized spacial score (nSPS) is 12.5. The van der Waals surface area contributed by atoms with Crippen LogP contribution in [0, 0.1) is 5.92 Å². The molecule has 1 atom stereocenters. The van der Waals surface area contributed by atoms with Gasteiger partial charge in [-0.3, -0.25) is 4.79 Å². The summed E-state index contributed by atoms with van der Waals surface area (Å²) in [5.41, 5.74) is 6.84. The fourth-order valence-electron chi connectivity index (χ4n) is 1.65. The van der Waals surface area contributed by atoms with Gasteiger partial charge in [0, 0.05) is 13.0 Å². The molecule has 0 saturated heterocycles. The fraction of sp³-hybridized carbons (Fsp3) is 0.462. The first-order valence-electron chi connectivity index (χ1n) is 5.67. The minimum Gasteiger partial charge on any atom is -0.504 e. The minimum absolute atomic E-state index is 0.0584. The Hall–Kier alpha value is -1.55. The SMILES string of the molecule is CC(=O)Oc1ccc([C@@H](N)CC(C)C)cc1O. The van der Waals surface area contributed by atoms with Crippen molar-refractivity contribution in [1.82, 2.24) is 0 Å². The Bertz CT molecular complexity index is 402. The van der Waals surface area contributed by atoms with E-state index >= 15 is 0 Å². The second-order valence-corrected chi connectivity index (χ2v) is 4.56. The van der Waals surface area contributed by atoms with Crippen LogP contribution in [0.4, 0.5) is 0 Å². The first kappa shape index (κ1) is 13.5. The molecule has 0 fully saturated rings. The van der Waals surface area contributed by atoms with E-state index in [9.17, 15) is 9.90 Å². The highest BCUT2D eigenvalue weighted by Gasteiger charge is 2.12. The first-order valence-corrected chi connectivity index (χ1v) is 5.67. The molecule has 0 aliphatic heterocycles. The second-order valence-electron chi connectivity index (χ2n) is 4.56. The number of carbonyl (C=O) groups excluding carboxylic acids is 1. The average Bonchev–Trinajstić information content (AvgIpc) is 2.19. The molecule has 0 unspecified atom stereocenters. The van der Waals surface area contributed by atoms with E-state index in [2.05, 4.69) is 13.8 Å². The van der Waals surface area contributed by atoms with E-state index in [1.54, 1.807) is 18.2 Å². The second kappa shape index (κ2) is 5.68. The number of nitrogens with two attached hydrogens (primary N) is 1. The molecule has 1 aromatic rings. The Morgan fingerprint density at radius 2 is 2.12 bits per heavy atom. The lowest BCUT2D eigenvalue weighted by atomic mass is 9.97. The van der Waals surface area contributed by atoms with Gasteiger partial charge in [0.2, 0.25) is 0 Å². The molecule has 3 N–H and O–H groups in total. The molecule has 0 radical (unpaired) electrons. The molecule has 0 saturated carbocycles. The molecule has 0 aliphatic rings. The van der Waals surface area contributed by atoms with E-state index in [0.717, 1.165) is 12.0 Å². The molecule has 17 heavy (non-hydrogen) atoms. The van der Waals surface area contributed by atoms with Gasteiger partial charge in [0.25, 0.3) is 0 Å². The van der Waals surface area contributed by atoms with E-state index in [1.807, 2.05) is 0 Å². The van der Waals surface area contributed by atoms with Crippen molar-refractivity contribution in [2.75, 3.05) is 0 Å². The number of ether oxygens (including phenoxy) is 1. The molecule has 94 valence electrons. The number of esters is 1. The Labute approximate surface area is 101 Å². The topological polar surface area (TPSA) is 72.5 Å². The molecule has 1 rings (SSSR count). The zero-order chi connectivity index (χ0) is 13.0. The van der Waals surface area contributed by atoms with Gasteiger partial charge >= 0.3 is 5.97 Å². The van der Waals surface area contributed by atoms with Crippen molar-refractivity contribution in [3.63, 3.8) is 0 Å². The summed E-state index contributed by atoms with van der Waals surface area (Å²) in [7, 11) is 0. The Morgan fingerprint density at radius 3 is 2.59 bits per heavy atom. The summed E-state index contributed by atoms with van der Waals surface area (Å²) in [4.78, 5) is 10.8. The molecule has 4 nitrogen and oxygen atoms in total. The number of phenols is 1. The van der Waals surface area contributed by atoms with Gasteiger partial charge in [-0.05, 0) is 30.0 Å². The molecule has 0 spiro atoms. The summed E-state index contributed by atoms with van der Waals surface area (Å²) in [6, 6.07) is 4.76. The maximum atomic E-state index is 10.8. The monoisotopic (exact) mass is 237 g/mol. The van der Waals surface area contributed by atoms with Crippen molar-refractivity contribution < 1.29 is 14.6 Å². The molecule has 1 aromatic carbocycles. The number of carbonyl (C=O) groups is 1. The summed E-state index contributed by atoms with van der Waals surface area (Å²) in [5, 5.41) is 9.69. The van der Waals surface area contributed by atoms with Gasteiger partial charge in [-0.1, -0.05) is 19.9 Å². The van der Waals surface area contributed by atoms with Crippen LogP contribution in [0.15, 0.2) is 18.2 Å². The van der Waals surface area contributed by atoms with E-state index in [1.165, 1.54) is 6.92 Å². The summed E-state index contributed by atoms with van der Waals surface area (Å²) in [6.45, 7) is 5.47. The highest BCUT2D eigenvalue weighted by Crippen LogP contribution is 2.30.